The highest BCUT2D eigenvalue weighted by atomic mass is 35.5. The molecule has 27 heavy (non-hydrogen) atoms. The van der Waals surface area contributed by atoms with Crippen molar-refractivity contribution in [1.29, 1.82) is 0 Å². The summed E-state index contributed by atoms with van der Waals surface area (Å²) >= 11 is 0. The smallest absolute Gasteiger partial charge is 0.257 e. The Hall–Kier alpha value is -2.38. The third-order valence-corrected chi connectivity index (χ3v) is 4.80. The molecular weight excluding hydrogens is 368 g/mol. The van der Waals surface area contributed by atoms with Crippen LogP contribution in [0.15, 0.2) is 35.3 Å². The van der Waals surface area contributed by atoms with E-state index in [0.717, 1.165) is 19.4 Å². The second kappa shape index (κ2) is 9.53. The Morgan fingerprint density at radius 2 is 2.07 bits per heavy atom. The molecule has 1 aromatic heterocycles. The second-order valence-electron chi connectivity index (χ2n) is 6.67. The van der Waals surface area contributed by atoms with Crippen molar-refractivity contribution in [2.45, 2.75) is 12.8 Å². The fourth-order valence-electron chi connectivity index (χ4n) is 3.45. The van der Waals surface area contributed by atoms with Crippen LogP contribution in [0.1, 0.15) is 23.2 Å². The quantitative estimate of drug-likeness (QED) is 0.711. The summed E-state index contributed by atoms with van der Waals surface area (Å²) in [6.45, 7) is 2.19. The number of amides is 2. The molecule has 3 N–H and O–H groups in total. The third-order valence-electron chi connectivity index (χ3n) is 4.80. The first-order chi connectivity index (χ1) is 12.6. The predicted octanol–water partition coefficient (Wildman–Crippen LogP) is 1.14. The Morgan fingerprint density at radius 3 is 2.85 bits per heavy atom. The van der Waals surface area contributed by atoms with Crippen molar-refractivity contribution < 1.29 is 9.59 Å². The zero-order chi connectivity index (χ0) is 18.5. The largest absolute Gasteiger partial charge is 0.360 e. The molecule has 0 spiro atoms. The number of benzene rings is 1. The Balaban J connectivity index is 0.00000261. The molecule has 2 amide bonds. The average molecular weight is 393 g/mol. The lowest BCUT2D eigenvalue weighted by molar-refractivity contribution is -0.131. The molecule has 0 radical (unpaired) electrons. The fourth-order valence-corrected chi connectivity index (χ4v) is 3.45. The maximum absolute atomic E-state index is 12.4. The lowest BCUT2D eigenvalue weighted by Crippen LogP contribution is -2.46. The highest BCUT2D eigenvalue weighted by Gasteiger charge is 2.23. The lowest BCUT2D eigenvalue weighted by Gasteiger charge is -2.32. The molecule has 3 rings (SSSR count). The van der Waals surface area contributed by atoms with Crippen LogP contribution in [0.5, 0.6) is 0 Å². The number of pyridine rings is 1. The highest BCUT2D eigenvalue weighted by Crippen LogP contribution is 2.15. The van der Waals surface area contributed by atoms with Crippen LogP contribution in [0, 0.1) is 5.92 Å². The van der Waals surface area contributed by atoms with Crippen LogP contribution in [-0.4, -0.2) is 54.9 Å². The number of hydrogen-bond acceptors (Lipinski definition) is 4. The molecular formula is C19H25ClN4O3. The van der Waals surface area contributed by atoms with Gasteiger partial charge in [-0.2, -0.15) is 0 Å². The van der Waals surface area contributed by atoms with Gasteiger partial charge in [-0.25, -0.2) is 0 Å². The molecule has 146 valence electrons. The van der Waals surface area contributed by atoms with Crippen molar-refractivity contribution in [3.63, 3.8) is 0 Å². The van der Waals surface area contributed by atoms with E-state index in [-0.39, 0.29) is 35.9 Å². The number of piperidine rings is 1. The van der Waals surface area contributed by atoms with Gasteiger partial charge in [0.2, 0.25) is 11.3 Å². The number of hydrogen-bond donors (Lipinski definition) is 3. The van der Waals surface area contributed by atoms with Gasteiger partial charge < -0.3 is 20.5 Å². The van der Waals surface area contributed by atoms with Crippen molar-refractivity contribution in [3.8, 4) is 0 Å². The maximum atomic E-state index is 12.4. The van der Waals surface area contributed by atoms with Gasteiger partial charge in [0.15, 0.2) is 0 Å². The predicted molar refractivity (Wildman–Crippen MR) is 107 cm³/mol. The van der Waals surface area contributed by atoms with Crippen LogP contribution >= 0.6 is 12.4 Å². The van der Waals surface area contributed by atoms with Crippen LogP contribution in [0.4, 0.5) is 0 Å². The highest BCUT2D eigenvalue weighted by molar-refractivity contribution is 5.98. The van der Waals surface area contributed by atoms with E-state index in [1.165, 1.54) is 6.20 Å². The SMILES string of the molecule is CNCC1CCCN(C(=O)CNC(=O)c2c[nH]c3ccccc3c2=O)C1.Cl. The molecule has 1 unspecified atom stereocenters. The lowest BCUT2D eigenvalue weighted by atomic mass is 9.98. The molecule has 7 nitrogen and oxygen atoms in total. The number of carbonyl (C=O) groups excluding carboxylic acids is 2. The number of halogens is 1. The Bertz CT molecular complexity index is 865. The van der Waals surface area contributed by atoms with Gasteiger partial charge in [-0.3, -0.25) is 14.4 Å². The molecule has 1 atom stereocenters. The zero-order valence-corrected chi connectivity index (χ0v) is 16.1. The molecule has 2 aromatic rings. The summed E-state index contributed by atoms with van der Waals surface area (Å²) < 4.78 is 0. The second-order valence-corrected chi connectivity index (χ2v) is 6.67. The zero-order valence-electron chi connectivity index (χ0n) is 15.3. The number of nitrogens with zero attached hydrogens (tertiary/aromatic N) is 1. The summed E-state index contributed by atoms with van der Waals surface area (Å²) in [6, 6.07) is 7.02. The van der Waals surface area contributed by atoms with Crippen LogP contribution in [-0.2, 0) is 4.79 Å². The number of H-pyrrole nitrogens is 1. The molecule has 1 fully saturated rings. The van der Waals surface area contributed by atoms with E-state index in [4.69, 9.17) is 0 Å². The number of para-hydroxylation sites is 1. The van der Waals surface area contributed by atoms with Gasteiger partial charge in [-0.15, -0.1) is 12.4 Å². The van der Waals surface area contributed by atoms with E-state index in [1.807, 2.05) is 13.1 Å². The van der Waals surface area contributed by atoms with Gasteiger partial charge in [-0.1, -0.05) is 12.1 Å². The first-order valence-electron chi connectivity index (χ1n) is 8.91. The molecule has 8 heteroatoms. The van der Waals surface area contributed by atoms with Gasteiger partial charge in [0, 0.05) is 30.2 Å². The van der Waals surface area contributed by atoms with E-state index >= 15 is 0 Å². The number of aromatic amines is 1. The van der Waals surface area contributed by atoms with Crippen LogP contribution in [0.3, 0.4) is 0 Å². The van der Waals surface area contributed by atoms with E-state index < -0.39 is 5.91 Å². The van der Waals surface area contributed by atoms with Crippen LogP contribution in [0.2, 0.25) is 0 Å². The Morgan fingerprint density at radius 1 is 1.30 bits per heavy atom. The van der Waals surface area contributed by atoms with Gasteiger partial charge in [-0.05, 0) is 44.5 Å². The van der Waals surface area contributed by atoms with Gasteiger partial charge in [0.05, 0.1) is 6.54 Å². The summed E-state index contributed by atoms with van der Waals surface area (Å²) in [7, 11) is 1.90. The summed E-state index contributed by atoms with van der Waals surface area (Å²) in [4.78, 5) is 41.9. The number of carbonyl (C=O) groups is 2. The number of rotatable bonds is 5. The average Bonchev–Trinajstić information content (AvgIpc) is 2.67. The minimum absolute atomic E-state index is 0. The number of nitrogens with one attached hydrogen (secondary N) is 3. The topological polar surface area (TPSA) is 94.3 Å². The minimum Gasteiger partial charge on any atom is -0.360 e. The number of aromatic nitrogens is 1. The van der Waals surface area contributed by atoms with Crippen molar-refractivity contribution in [3.05, 3.63) is 46.2 Å². The van der Waals surface area contributed by atoms with Crippen molar-refractivity contribution in [1.82, 2.24) is 20.5 Å². The first-order valence-corrected chi connectivity index (χ1v) is 8.91. The molecule has 1 saturated heterocycles. The Kier molecular flexibility index (Phi) is 7.38. The number of fused-ring (bicyclic) bond motifs is 1. The third kappa shape index (κ3) is 4.87. The van der Waals surface area contributed by atoms with Gasteiger partial charge in [0.1, 0.15) is 5.56 Å². The molecule has 1 aliphatic heterocycles. The maximum Gasteiger partial charge on any atom is 0.257 e. The van der Waals surface area contributed by atoms with Crippen molar-refractivity contribution in [2.75, 3.05) is 33.2 Å². The standard InChI is InChI=1S/C19H24N4O3.ClH/c1-20-9-13-5-4-8-23(12-13)17(24)11-22-19(26)15-10-21-16-7-3-2-6-14(16)18(15)25;/h2-3,6-7,10,13,20H,4-5,8-9,11-12H2,1H3,(H,21,25)(H,22,26);1H. The summed E-state index contributed by atoms with van der Waals surface area (Å²) in [5.74, 6) is -0.206. The van der Waals surface area contributed by atoms with E-state index in [9.17, 15) is 14.4 Å². The van der Waals surface area contributed by atoms with Crippen molar-refractivity contribution in [2.24, 2.45) is 5.92 Å². The summed E-state index contributed by atoms with van der Waals surface area (Å²) in [6.07, 6.45) is 3.47. The number of likely N-dealkylation sites (tertiary alicyclic amines) is 1. The summed E-state index contributed by atoms with van der Waals surface area (Å²) in [5, 5.41) is 6.18. The molecule has 1 aromatic carbocycles. The van der Waals surface area contributed by atoms with Gasteiger partial charge >= 0.3 is 0 Å². The van der Waals surface area contributed by atoms with E-state index in [1.54, 1.807) is 23.1 Å². The van der Waals surface area contributed by atoms with E-state index in [2.05, 4.69) is 15.6 Å². The molecule has 0 aliphatic carbocycles. The minimum atomic E-state index is -0.533. The normalized spacial score (nSPS) is 16.6. The van der Waals surface area contributed by atoms with Crippen LogP contribution in [0.25, 0.3) is 10.9 Å². The van der Waals surface area contributed by atoms with Gasteiger partial charge in [0.25, 0.3) is 5.91 Å². The summed E-state index contributed by atoms with van der Waals surface area (Å²) in [5.41, 5.74) is 0.355. The van der Waals surface area contributed by atoms with E-state index in [0.29, 0.717) is 29.9 Å². The monoisotopic (exact) mass is 392 g/mol. The molecule has 0 saturated carbocycles. The van der Waals surface area contributed by atoms with Crippen LogP contribution < -0.4 is 16.1 Å². The Labute approximate surface area is 163 Å². The molecule has 1 aliphatic rings. The molecule has 0 bridgehead atoms. The fraction of sp³-hybridized carbons (Fsp3) is 0.421. The first kappa shape index (κ1) is 20.9. The molecule has 2 heterocycles. The van der Waals surface area contributed by atoms with Crippen molar-refractivity contribution >= 4 is 35.1 Å².